The van der Waals surface area contributed by atoms with E-state index in [1.807, 2.05) is 0 Å². The number of hydrogen-bond acceptors (Lipinski definition) is 2. The number of aliphatic hydroxyl groups is 1. The van der Waals surface area contributed by atoms with E-state index in [1.54, 1.807) is 0 Å². The monoisotopic (exact) mass is 152 g/mol. The van der Waals surface area contributed by atoms with E-state index in [0.717, 1.165) is 0 Å². The molecule has 0 aliphatic heterocycles. The first-order valence-corrected chi connectivity index (χ1v) is 1.60. The number of carbonyl (C=O) groups is 1. The molecule has 0 aromatic heterocycles. The number of carboxylic acids is 1. The fourth-order valence-corrected chi connectivity index (χ4v) is 0. The Kier molecular flexibility index (Phi) is 57.2. The van der Waals surface area contributed by atoms with Gasteiger partial charge in [-0.05, 0) is 0 Å². The standard InChI is InChI=1S/C2H4O3.C2H4.2Na.2H/c3-1-2(4)5;1-2;;;;/h3H,1H2,(H,4,5);1-2H2;;;;. The minimum atomic E-state index is -1.19. The Morgan fingerprint density at radius 2 is 1.44 bits per heavy atom. The topological polar surface area (TPSA) is 57.5 Å². The van der Waals surface area contributed by atoms with Gasteiger partial charge in [-0.1, -0.05) is 0 Å². The second-order valence-corrected chi connectivity index (χ2v) is 0.552. The Morgan fingerprint density at radius 1 is 1.33 bits per heavy atom. The van der Waals surface area contributed by atoms with Crippen molar-refractivity contribution in [2.24, 2.45) is 0 Å². The molecule has 0 saturated heterocycles. The van der Waals surface area contributed by atoms with Crippen LogP contribution >= 0.6 is 0 Å². The molecule has 0 saturated carbocycles. The quantitative estimate of drug-likeness (QED) is 0.357. The summed E-state index contributed by atoms with van der Waals surface area (Å²) in [6.07, 6.45) is 0. The predicted molar refractivity (Wildman–Crippen MR) is 40.3 cm³/mol. The molecule has 0 rings (SSSR count). The summed E-state index contributed by atoms with van der Waals surface area (Å²) in [4.78, 5) is 9.12. The zero-order chi connectivity index (χ0) is 6.28. The molecule has 0 fully saturated rings. The van der Waals surface area contributed by atoms with E-state index < -0.39 is 12.6 Å². The third-order valence-electron chi connectivity index (χ3n) is 0.135. The van der Waals surface area contributed by atoms with Crippen molar-refractivity contribution in [3.05, 3.63) is 13.2 Å². The second kappa shape index (κ2) is 22.9. The molecule has 46 valence electrons. The van der Waals surface area contributed by atoms with E-state index in [4.69, 9.17) is 15.0 Å². The van der Waals surface area contributed by atoms with Crippen LogP contribution in [0.3, 0.4) is 0 Å². The molecule has 0 aromatic carbocycles. The number of rotatable bonds is 1. The summed E-state index contributed by atoms with van der Waals surface area (Å²) in [5.41, 5.74) is 0. The SMILES string of the molecule is C=C.O=C(O)CO.[NaH].[NaH]. The van der Waals surface area contributed by atoms with Gasteiger partial charge in [0.25, 0.3) is 0 Å². The minimum absolute atomic E-state index is 0. The summed E-state index contributed by atoms with van der Waals surface area (Å²) in [6, 6.07) is 0. The summed E-state index contributed by atoms with van der Waals surface area (Å²) in [7, 11) is 0. The summed E-state index contributed by atoms with van der Waals surface area (Å²) in [5.74, 6) is -1.19. The number of aliphatic hydroxyl groups excluding tert-OH is 1. The van der Waals surface area contributed by atoms with E-state index in [9.17, 15) is 0 Å². The van der Waals surface area contributed by atoms with Gasteiger partial charge in [-0.15, -0.1) is 13.2 Å². The molecule has 9 heavy (non-hydrogen) atoms. The molecule has 0 heterocycles. The summed E-state index contributed by atoms with van der Waals surface area (Å²) >= 11 is 0. The normalized spacial score (nSPS) is 4.56. The molecule has 3 nitrogen and oxygen atoms in total. The maximum absolute atomic E-state index is 9.12. The van der Waals surface area contributed by atoms with Gasteiger partial charge in [0.2, 0.25) is 0 Å². The van der Waals surface area contributed by atoms with Gasteiger partial charge in [0, 0.05) is 0 Å². The molecule has 0 aromatic rings. The van der Waals surface area contributed by atoms with Crippen LogP contribution in [0.1, 0.15) is 0 Å². The molecule has 0 bridgehead atoms. The third-order valence-corrected chi connectivity index (χ3v) is 0.135. The van der Waals surface area contributed by atoms with Gasteiger partial charge in [-0.2, -0.15) is 0 Å². The molecule has 0 aliphatic carbocycles. The van der Waals surface area contributed by atoms with Crippen LogP contribution in [0.5, 0.6) is 0 Å². The van der Waals surface area contributed by atoms with Crippen molar-refractivity contribution in [1.82, 2.24) is 0 Å². The number of aliphatic carboxylic acids is 1. The molecule has 0 unspecified atom stereocenters. The molecule has 0 aliphatic rings. The molecule has 0 spiro atoms. The number of carboxylic acid groups (broad SMARTS) is 1. The van der Waals surface area contributed by atoms with Gasteiger partial charge in [0.05, 0.1) is 0 Å². The van der Waals surface area contributed by atoms with Crippen LogP contribution in [0.4, 0.5) is 0 Å². The molecular weight excluding hydrogens is 142 g/mol. The number of hydrogen-bond donors (Lipinski definition) is 2. The maximum atomic E-state index is 9.12. The van der Waals surface area contributed by atoms with E-state index in [2.05, 4.69) is 13.2 Å². The zero-order valence-electron chi connectivity index (χ0n) is 3.92. The van der Waals surface area contributed by atoms with Gasteiger partial charge in [-0.25, -0.2) is 4.79 Å². The average Bonchev–Trinajstić information content (AvgIpc) is 1.73. The van der Waals surface area contributed by atoms with Gasteiger partial charge in [-0.3, -0.25) is 0 Å². The van der Waals surface area contributed by atoms with Gasteiger partial charge >= 0.3 is 65.1 Å². The summed E-state index contributed by atoms with van der Waals surface area (Å²) in [6.45, 7) is 5.22. The van der Waals surface area contributed by atoms with Crippen LogP contribution in [0, 0.1) is 0 Å². The van der Waals surface area contributed by atoms with E-state index in [1.165, 1.54) is 0 Å². The fraction of sp³-hybridized carbons (Fsp3) is 0.250. The summed E-state index contributed by atoms with van der Waals surface area (Å²) < 4.78 is 0. The zero-order valence-corrected chi connectivity index (χ0v) is 3.92. The second-order valence-electron chi connectivity index (χ2n) is 0.552. The van der Waals surface area contributed by atoms with Crippen LogP contribution in [0.15, 0.2) is 13.2 Å². The van der Waals surface area contributed by atoms with Crippen LogP contribution in [0.2, 0.25) is 0 Å². The van der Waals surface area contributed by atoms with E-state index in [-0.39, 0.29) is 59.1 Å². The summed E-state index contributed by atoms with van der Waals surface area (Å²) in [5, 5.41) is 15.0. The predicted octanol–water partition coefficient (Wildman–Crippen LogP) is -1.43. The Labute approximate surface area is 98.7 Å². The third kappa shape index (κ3) is 46.9. The Hall–Kier alpha value is 1.17. The van der Waals surface area contributed by atoms with Gasteiger partial charge in [0.1, 0.15) is 6.61 Å². The Balaban J connectivity index is -0.0000000286. The van der Waals surface area contributed by atoms with Crippen LogP contribution in [-0.2, 0) is 4.79 Å². The molecule has 0 atom stereocenters. The molecule has 5 heteroatoms. The van der Waals surface area contributed by atoms with Crippen LogP contribution in [0.25, 0.3) is 0 Å². The van der Waals surface area contributed by atoms with Crippen molar-refractivity contribution in [3.8, 4) is 0 Å². The van der Waals surface area contributed by atoms with Crippen molar-refractivity contribution in [2.75, 3.05) is 6.61 Å². The first kappa shape index (κ1) is 22.5. The van der Waals surface area contributed by atoms with E-state index >= 15 is 0 Å². The van der Waals surface area contributed by atoms with Crippen molar-refractivity contribution in [3.63, 3.8) is 0 Å². The molecule has 0 amide bonds. The van der Waals surface area contributed by atoms with Crippen LogP contribution in [-0.4, -0.2) is 81.9 Å². The molecule has 0 radical (unpaired) electrons. The molecule has 2 N–H and O–H groups in total. The average molecular weight is 152 g/mol. The van der Waals surface area contributed by atoms with Gasteiger partial charge < -0.3 is 10.2 Å². The van der Waals surface area contributed by atoms with Crippen molar-refractivity contribution >= 4 is 65.1 Å². The van der Waals surface area contributed by atoms with Crippen LogP contribution < -0.4 is 0 Å². The first-order chi connectivity index (χ1) is 3.27. The fourth-order valence-electron chi connectivity index (χ4n) is 0. The van der Waals surface area contributed by atoms with Crippen molar-refractivity contribution < 1.29 is 15.0 Å². The van der Waals surface area contributed by atoms with Crippen molar-refractivity contribution in [2.45, 2.75) is 0 Å². The van der Waals surface area contributed by atoms with Crippen molar-refractivity contribution in [1.29, 1.82) is 0 Å². The Bertz CT molecular complexity index is 57.8. The molecular formula is C4H10Na2O3. The van der Waals surface area contributed by atoms with E-state index in [0.29, 0.717) is 0 Å². The van der Waals surface area contributed by atoms with Gasteiger partial charge in [0.15, 0.2) is 0 Å². The Morgan fingerprint density at radius 3 is 1.44 bits per heavy atom. The first-order valence-electron chi connectivity index (χ1n) is 1.60.